The summed E-state index contributed by atoms with van der Waals surface area (Å²) in [4.78, 5) is 4.70. The molecule has 0 atom stereocenters. The Kier molecular flexibility index (Phi) is 6.55. The largest absolute Gasteiger partial charge is 0.308 e. The van der Waals surface area contributed by atoms with E-state index >= 15 is 0 Å². The normalized spacial score (nSPS) is 11.0. The maximum Gasteiger partial charge on any atom is 0.0991 e. The molecule has 0 aliphatic heterocycles. The third kappa shape index (κ3) is 5.42. The van der Waals surface area contributed by atoms with E-state index < -0.39 is 0 Å². The molecular weight excluding hydrogens is 234 g/mol. The fourth-order valence-electron chi connectivity index (χ4n) is 2.11. The van der Waals surface area contributed by atoms with E-state index in [1.54, 1.807) is 0 Å². The van der Waals surface area contributed by atoms with E-state index in [0.717, 1.165) is 31.7 Å². The van der Waals surface area contributed by atoms with Gasteiger partial charge in [-0.15, -0.1) is 0 Å². The van der Waals surface area contributed by atoms with Crippen LogP contribution in [0.25, 0.3) is 0 Å². The first-order valence-corrected chi connectivity index (χ1v) is 6.93. The molecule has 0 saturated carbocycles. The third-order valence-electron chi connectivity index (χ3n) is 3.27. The van der Waals surface area contributed by atoms with Crippen LogP contribution in [0.1, 0.15) is 30.0 Å². The molecular formula is C16H25N3. The fraction of sp³-hybridized carbons (Fsp3) is 0.562. The molecule has 0 aliphatic carbocycles. The molecule has 19 heavy (non-hydrogen) atoms. The lowest BCUT2D eigenvalue weighted by Gasteiger charge is -2.24. The van der Waals surface area contributed by atoms with E-state index in [2.05, 4.69) is 49.9 Å². The zero-order valence-electron chi connectivity index (χ0n) is 12.6. The van der Waals surface area contributed by atoms with Crippen LogP contribution in [0.4, 0.5) is 0 Å². The van der Waals surface area contributed by atoms with Gasteiger partial charge in [-0.1, -0.05) is 13.0 Å². The highest BCUT2D eigenvalue weighted by molar-refractivity contribution is 5.37. The summed E-state index contributed by atoms with van der Waals surface area (Å²) in [5, 5.41) is 8.90. The molecule has 0 amide bonds. The Labute approximate surface area is 117 Å². The molecule has 0 saturated heterocycles. The van der Waals surface area contributed by atoms with Crippen LogP contribution in [0.15, 0.2) is 18.2 Å². The minimum absolute atomic E-state index is 0.747. The van der Waals surface area contributed by atoms with Crippen molar-refractivity contribution in [2.24, 2.45) is 0 Å². The summed E-state index contributed by atoms with van der Waals surface area (Å²) in [5.41, 5.74) is 3.28. The van der Waals surface area contributed by atoms with Gasteiger partial charge in [0.2, 0.25) is 0 Å². The second-order valence-corrected chi connectivity index (χ2v) is 5.33. The summed E-state index contributed by atoms with van der Waals surface area (Å²) in [6, 6.07) is 8.18. The number of hydrogen-bond acceptors (Lipinski definition) is 3. The van der Waals surface area contributed by atoms with Gasteiger partial charge in [0.05, 0.1) is 11.6 Å². The third-order valence-corrected chi connectivity index (χ3v) is 3.27. The average Bonchev–Trinajstić information content (AvgIpc) is 2.38. The van der Waals surface area contributed by atoms with E-state index in [9.17, 15) is 0 Å². The lowest BCUT2D eigenvalue weighted by atomic mass is 10.1. The lowest BCUT2D eigenvalue weighted by molar-refractivity contribution is 0.233. The van der Waals surface area contributed by atoms with Gasteiger partial charge < -0.3 is 4.90 Å². The highest BCUT2D eigenvalue weighted by Gasteiger charge is 2.08. The molecule has 0 unspecified atom stereocenters. The summed E-state index contributed by atoms with van der Waals surface area (Å²) in [6.45, 7) is 8.56. The van der Waals surface area contributed by atoms with Crippen LogP contribution in [0.5, 0.6) is 0 Å². The molecule has 0 radical (unpaired) electrons. The molecule has 0 aliphatic rings. The van der Waals surface area contributed by atoms with Gasteiger partial charge in [0.15, 0.2) is 0 Å². The standard InChI is InChI=1S/C16H25N3/c1-5-8-19(10-9-18(3)4)13-16-7-6-15(12-17)11-14(16)2/h6-7,11H,5,8-10,13H2,1-4H3. The number of nitrogens with zero attached hydrogens (tertiary/aromatic N) is 3. The fourth-order valence-corrected chi connectivity index (χ4v) is 2.11. The summed E-state index contributed by atoms with van der Waals surface area (Å²) in [7, 11) is 4.22. The predicted molar refractivity (Wildman–Crippen MR) is 80.0 cm³/mol. The highest BCUT2D eigenvalue weighted by atomic mass is 15.2. The van der Waals surface area contributed by atoms with Crippen molar-refractivity contribution in [3.05, 3.63) is 34.9 Å². The first-order chi connectivity index (χ1) is 9.06. The number of nitriles is 1. The maximum atomic E-state index is 8.90. The number of hydrogen-bond donors (Lipinski definition) is 0. The Morgan fingerprint density at radius 3 is 2.42 bits per heavy atom. The molecule has 0 spiro atoms. The molecule has 3 nitrogen and oxygen atoms in total. The van der Waals surface area contributed by atoms with Gasteiger partial charge in [-0.05, 0) is 57.2 Å². The van der Waals surface area contributed by atoms with Gasteiger partial charge >= 0.3 is 0 Å². The average molecular weight is 259 g/mol. The van der Waals surface area contributed by atoms with Crippen LogP contribution in [-0.2, 0) is 6.54 Å². The van der Waals surface area contributed by atoms with Crippen LogP contribution < -0.4 is 0 Å². The van der Waals surface area contributed by atoms with Crippen molar-refractivity contribution in [1.82, 2.24) is 9.80 Å². The summed E-state index contributed by atoms with van der Waals surface area (Å²) >= 11 is 0. The Morgan fingerprint density at radius 2 is 1.89 bits per heavy atom. The summed E-state index contributed by atoms with van der Waals surface area (Å²) in [6.07, 6.45) is 1.17. The molecule has 3 heteroatoms. The Morgan fingerprint density at radius 1 is 1.16 bits per heavy atom. The molecule has 104 valence electrons. The highest BCUT2D eigenvalue weighted by Crippen LogP contribution is 2.13. The molecule has 0 fully saturated rings. The molecule has 1 aromatic rings. The van der Waals surface area contributed by atoms with Gasteiger partial charge in [-0.25, -0.2) is 0 Å². The van der Waals surface area contributed by atoms with Crippen molar-refractivity contribution in [2.45, 2.75) is 26.8 Å². The van der Waals surface area contributed by atoms with Crippen LogP contribution in [0.2, 0.25) is 0 Å². The van der Waals surface area contributed by atoms with Crippen LogP contribution >= 0.6 is 0 Å². The van der Waals surface area contributed by atoms with Crippen molar-refractivity contribution in [2.75, 3.05) is 33.7 Å². The molecule has 0 bridgehead atoms. The summed E-state index contributed by atoms with van der Waals surface area (Å²) in [5.74, 6) is 0. The van der Waals surface area contributed by atoms with Crippen LogP contribution in [0.3, 0.4) is 0 Å². The number of benzene rings is 1. The smallest absolute Gasteiger partial charge is 0.0991 e. The quantitative estimate of drug-likeness (QED) is 0.754. The van der Waals surface area contributed by atoms with Gasteiger partial charge in [0, 0.05) is 19.6 Å². The van der Waals surface area contributed by atoms with Gasteiger partial charge in [-0.3, -0.25) is 4.90 Å². The van der Waals surface area contributed by atoms with Gasteiger partial charge in [0.1, 0.15) is 0 Å². The van der Waals surface area contributed by atoms with Crippen molar-refractivity contribution in [3.63, 3.8) is 0 Å². The molecule has 0 heterocycles. The van der Waals surface area contributed by atoms with E-state index in [4.69, 9.17) is 5.26 Å². The van der Waals surface area contributed by atoms with Gasteiger partial charge in [-0.2, -0.15) is 5.26 Å². The SMILES string of the molecule is CCCN(CCN(C)C)Cc1ccc(C#N)cc1C. The number of rotatable bonds is 7. The minimum Gasteiger partial charge on any atom is -0.308 e. The second kappa shape index (κ2) is 7.93. The Bertz CT molecular complexity index is 432. The Balaban J connectivity index is 2.70. The second-order valence-electron chi connectivity index (χ2n) is 5.33. The first-order valence-electron chi connectivity index (χ1n) is 6.93. The molecule has 1 rings (SSSR count). The summed E-state index contributed by atoms with van der Waals surface area (Å²) < 4.78 is 0. The monoisotopic (exact) mass is 259 g/mol. The molecule has 0 aromatic heterocycles. The van der Waals surface area contributed by atoms with Crippen LogP contribution in [0, 0.1) is 18.3 Å². The van der Waals surface area contributed by atoms with E-state index in [-0.39, 0.29) is 0 Å². The van der Waals surface area contributed by atoms with E-state index in [1.807, 2.05) is 12.1 Å². The number of likely N-dealkylation sites (N-methyl/N-ethyl adjacent to an activating group) is 1. The topological polar surface area (TPSA) is 30.3 Å². The van der Waals surface area contributed by atoms with E-state index in [1.165, 1.54) is 17.5 Å². The van der Waals surface area contributed by atoms with Crippen molar-refractivity contribution < 1.29 is 0 Å². The predicted octanol–water partition coefficient (Wildman–Crippen LogP) is 2.64. The zero-order valence-corrected chi connectivity index (χ0v) is 12.6. The first kappa shape index (κ1) is 15.7. The van der Waals surface area contributed by atoms with Gasteiger partial charge in [0.25, 0.3) is 0 Å². The minimum atomic E-state index is 0.747. The van der Waals surface area contributed by atoms with Crippen molar-refractivity contribution in [1.29, 1.82) is 5.26 Å². The van der Waals surface area contributed by atoms with Crippen molar-refractivity contribution >= 4 is 0 Å². The number of aryl methyl sites for hydroxylation is 1. The maximum absolute atomic E-state index is 8.90. The van der Waals surface area contributed by atoms with Crippen molar-refractivity contribution in [3.8, 4) is 6.07 Å². The van der Waals surface area contributed by atoms with E-state index in [0.29, 0.717) is 0 Å². The molecule has 1 aromatic carbocycles. The Hall–Kier alpha value is -1.37. The van der Waals surface area contributed by atoms with Crippen LogP contribution in [-0.4, -0.2) is 43.5 Å². The lowest BCUT2D eigenvalue weighted by Crippen LogP contribution is -2.32. The molecule has 0 N–H and O–H groups in total. The zero-order chi connectivity index (χ0) is 14.3.